The minimum absolute atomic E-state index is 0.0741. The second kappa shape index (κ2) is 6.95. The molecule has 13 heteroatoms. The molecular weight excluding hydrogens is 425 g/mol. The van der Waals surface area contributed by atoms with Crippen LogP contribution in [0.25, 0.3) is 5.65 Å². The van der Waals surface area contributed by atoms with Gasteiger partial charge in [-0.05, 0) is 12.1 Å². The number of nitrogens with one attached hydrogen (secondary N) is 1. The van der Waals surface area contributed by atoms with Crippen molar-refractivity contribution < 1.29 is 31.1 Å². The molecule has 0 radical (unpaired) electrons. The number of rotatable bonds is 4. The Bertz CT molecular complexity index is 1180. The number of alkyl halides is 3. The van der Waals surface area contributed by atoms with E-state index in [0.717, 1.165) is 22.9 Å². The molecule has 1 aromatic carbocycles. The number of aromatic nitrogens is 3. The Labute approximate surface area is 161 Å². The summed E-state index contributed by atoms with van der Waals surface area (Å²) in [5.41, 5.74) is -1.70. The van der Waals surface area contributed by atoms with Gasteiger partial charge in [0.05, 0.1) is 18.3 Å². The van der Waals surface area contributed by atoms with E-state index < -0.39 is 38.4 Å². The normalized spacial score (nSPS) is 12.2. The van der Waals surface area contributed by atoms with Crippen LogP contribution < -0.4 is 9.46 Å². The standard InChI is InChI=1S/C15H10ClF3N4O4S/c1-27-8-2-3-9(16)11(4-8)28(25,26)22-14(24)10-6-23-7-12(15(17,18)19)20-5-13(23)21-10/h2-7H,1H3,(H,22,24). The Kier molecular flexibility index (Phi) is 4.93. The number of amides is 1. The average Bonchev–Trinajstić information content (AvgIpc) is 3.04. The molecule has 1 N–H and O–H groups in total. The van der Waals surface area contributed by atoms with Crippen LogP contribution in [0.5, 0.6) is 5.75 Å². The van der Waals surface area contributed by atoms with Gasteiger partial charge >= 0.3 is 6.18 Å². The zero-order valence-electron chi connectivity index (χ0n) is 13.9. The number of halogens is 4. The number of nitrogens with zero attached hydrogens (tertiary/aromatic N) is 3. The van der Waals surface area contributed by atoms with Crippen LogP contribution in [0.4, 0.5) is 13.2 Å². The van der Waals surface area contributed by atoms with Gasteiger partial charge in [-0.25, -0.2) is 23.1 Å². The van der Waals surface area contributed by atoms with Crippen molar-refractivity contribution in [1.29, 1.82) is 0 Å². The van der Waals surface area contributed by atoms with E-state index in [1.165, 1.54) is 19.2 Å². The monoisotopic (exact) mass is 434 g/mol. The highest BCUT2D eigenvalue weighted by molar-refractivity contribution is 7.90. The molecule has 0 bridgehead atoms. The van der Waals surface area contributed by atoms with Crippen molar-refractivity contribution in [2.45, 2.75) is 11.1 Å². The molecular formula is C15H10ClF3N4O4S. The number of hydrogen-bond donors (Lipinski definition) is 1. The number of fused-ring (bicyclic) bond motifs is 1. The van der Waals surface area contributed by atoms with Crippen molar-refractivity contribution in [1.82, 2.24) is 19.1 Å². The summed E-state index contributed by atoms with van der Waals surface area (Å²) in [5, 5.41) is -0.157. The maximum Gasteiger partial charge on any atom is 0.434 e. The van der Waals surface area contributed by atoms with Gasteiger partial charge in [0.25, 0.3) is 15.9 Å². The van der Waals surface area contributed by atoms with Crippen molar-refractivity contribution in [3.8, 4) is 5.75 Å². The number of ether oxygens (including phenoxy) is 1. The molecule has 1 amide bonds. The average molecular weight is 435 g/mol. The number of carbonyl (C=O) groups excluding carboxylic acids is 1. The third kappa shape index (κ3) is 3.87. The summed E-state index contributed by atoms with van der Waals surface area (Å²) in [6, 6.07) is 3.81. The molecule has 0 spiro atoms. The van der Waals surface area contributed by atoms with Gasteiger partial charge in [-0.15, -0.1) is 0 Å². The number of methoxy groups -OCH3 is 1. The molecule has 0 saturated carbocycles. The lowest BCUT2D eigenvalue weighted by Gasteiger charge is -2.09. The number of imidazole rings is 1. The molecule has 148 valence electrons. The largest absolute Gasteiger partial charge is 0.497 e. The van der Waals surface area contributed by atoms with Crippen LogP contribution in [-0.4, -0.2) is 35.8 Å². The van der Waals surface area contributed by atoms with Crippen LogP contribution in [-0.2, 0) is 16.2 Å². The summed E-state index contributed by atoms with van der Waals surface area (Å²) in [4.78, 5) is 18.8. The fraction of sp³-hybridized carbons (Fsp3) is 0.133. The Morgan fingerprint density at radius 1 is 1.29 bits per heavy atom. The third-order valence-electron chi connectivity index (χ3n) is 3.52. The van der Waals surface area contributed by atoms with Gasteiger partial charge in [-0.1, -0.05) is 11.6 Å². The molecule has 0 aliphatic heterocycles. The van der Waals surface area contributed by atoms with Gasteiger partial charge in [0.2, 0.25) is 0 Å². The molecule has 0 aliphatic rings. The number of sulfonamides is 1. The molecule has 0 unspecified atom stereocenters. The molecule has 3 rings (SSSR count). The van der Waals surface area contributed by atoms with Gasteiger partial charge < -0.3 is 9.14 Å². The second-order valence-electron chi connectivity index (χ2n) is 5.39. The Morgan fingerprint density at radius 3 is 2.64 bits per heavy atom. The van der Waals surface area contributed by atoms with Crippen LogP contribution in [0, 0.1) is 0 Å². The van der Waals surface area contributed by atoms with Gasteiger partial charge in [-0.2, -0.15) is 13.2 Å². The fourth-order valence-corrected chi connectivity index (χ4v) is 3.68. The van der Waals surface area contributed by atoms with E-state index in [1.54, 1.807) is 4.72 Å². The fourth-order valence-electron chi connectivity index (χ4n) is 2.20. The predicted molar refractivity (Wildman–Crippen MR) is 90.6 cm³/mol. The molecule has 0 aliphatic carbocycles. The highest BCUT2D eigenvalue weighted by Gasteiger charge is 2.33. The molecule has 3 aromatic rings. The molecule has 8 nitrogen and oxygen atoms in total. The molecule has 28 heavy (non-hydrogen) atoms. The molecule has 0 fully saturated rings. The minimum Gasteiger partial charge on any atom is -0.497 e. The van der Waals surface area contributed by atoms with Gasteiger partial charge in [0, 0.05) is 18.5 Å². The molecule has 2 heterocycles. The predicted octanol–water partition coefficient (Wildman–Crippen LogP) is 2.53. The van der Waals surface area contributed by atoms with Crippen LogP contribution in [0.2, 0.25) is 5.02 Å². The summed E-state index contributed by atoms with van der Waals surface area (Å²) >= 11 is 5.87. The van der Waals surface area contributed by atoms with Crippen molar-refractivity contribution in [3.05, 3.63) is 53.2 Å². The first-order valence-electron chi connectivity index (χ1n) is 7.34. The van der Waals surface area contributed by atoms with Crippen molar-refractivity contribution >= 4 is 33.2 Å². The lowest BCUT2D eigenvalue weighted by Crippen LogP contribution is -2.31. The van der Waals surface area contributed by atoms with Gasteiger partial charge in [-0.3, -0.25) is 4.79 Å². The second-order valence-corrected chi connectivity index (χ2v) is 7.45. The summed E-state index contributed by atoms with van der Waals surface area (Å²) in [5.74, 6) is -0.966. The number of carbonyl (C=O) groups is 1. The van der Waals surface area contributed by atoms with E-state index in [4.69, 9.17) is 16.3 Å². The van der Waals surface area contributed by atoms with Crippen molar-refractivity contribution in [3.63, 3.8) is 0 Å². The van der Waals surface area contributed by atoms with Crippen LogP contribution >= 0.6 is 11.6 Å². The minimum atomic E-state index is -4.69. The van der Waals surface area contributed by atoms with Crippen molar-refractivity contribution in [2.75, 3.05) is 7.11 Å². The summed E-state index contributed by atoms with van der Waals surface area (Å²) in [6.45, 7) is 0. The van der Waals surface area contributed by atoms with Crippen LogP contribution in [0.1, 0.15) is 16.2 Å². The molecule has 0 atom stereocenters. The van der Waals surface area contributed by atoms with Gasteiger partial charge in [0.1, 0.15) is 16.3 Å². The molecule has 2 aromatic heterocycles. The van der Waals surface area contributed by atoms with E-state index in [9.17, 15) is 26.4 Å². The smallest absolute Gasteiger partial charge is 0.434 e. The molecule has 0 saturated heterocycles. The Balaban J connectivity index is 1.92. The maximum atomic E-state index is 12.7. The zero-order valence-corrected chi connectivity index (χ0v) is 15.4. The van der Waals surface area contributed by atoms with E-state index in [1.807, 2.05) is 0 Å². The first-order valence-corrected chi connectivity index (χ1v) is 9.20. The Hall–Kier alpha value is -2.86. The number of hydrogen-bond acceptors (Lipinski definition) is 6. The third-order valence-corrected chi connectivity index (χ3v) is 5.33. The highest BCUT2D eigenvalue weighted by Crippen LogP contribution is 2.28. The first-order chi connectivity index (χ1) is 13.0. The summed E-state index contributed by atoms with van der Waals surface area (Å²) < 4.78 is 70.6. The first kappa shape index (κ1) is 19.9. The number of benzene rings is 1. The topological polar surface area (TPSA) is 103 Å². The lowest BCUT2D eigenvalue weighted by atomic mass is 10.3. The lowest BCUT2D eigenvalue weighted by molar-refractivity contribution is -0.141. The maximum absolute atomic E-state index is 12.7. The Morgan fingerprint density at radius 2 is 2.00 bits per heavy atom. The summed E-state index contributed by atoms with van der Waals surface area (Å²) in [7, 11) is -3.08. The SMILES string of the molecule is COc1ccc(Cl)c(S(=O)(=O)NC(=O)c2cn3cc(C(F)(F)F)ncc3n2)c1. The van der Waals surface area contributed by atoms with Crippen LogP contribution in [0.15, 0.2) is 41.7 Å². The van der Waals surface area contributed by atoms with Crippen molar-refractivity contribution in [2.24, 2.45) is 0 Å². The van der Waals surface area contributed by atoms with E-state index >= 15 is 0 Å². The van der Waals surface area contributed by atoms with Gasteiger partial charge in [0.15, 0.2) is 11.3 Å². The quantitative estimate of drug-likeness (QED) is 0.677. The highest BCUT2D eigenvalue weighted by atomic mass is 35.5. The zero-order chi connectivity index (χ0) is 20.7. The van der Waals surface area contributed by atoms with E-state index in [0.29, 0.717) is 6.20 Å². The van der Waals surface area contributed by atoms with E-state index in [2.05, 4.69) is 9.97 Å². The van der Waals surface area contributed by atoms with E-state index in [-0.39, 0.29) is 16.4 Å². The van der Waals surface area contributed by atoms with Crippen LogP contribution in [0.3, 0.4) is 0 Å². The summed E-state index contributed by atoms with van der Waals surface area (Å²) in [6.07, 6.45) is -2.29.